The number of hydrogen-bond donors (Lipinski definition) is 1. The summed E-state index contributed by atoms with van der Waals surface area (Å²) in [7, 11) is -4.03. The number of aromatic amines is 1. The molecule has 1 aromatic rings. The zero-order valence-electron chi connectivity index (χ0n) is 8.76. The fourth-order valence-electron chi connectivity index (χ4n) is 0.531. The monoisotopic (exact) mass is 226 g/mol. The van der Waals surface area contributed by atoms with E-state index >= 15 is 0 Å². The molecule has 0 aliphatic heterocycles. The molecule has 0 amide bonds. The lowest BCUT2D eigenvalue weighted by Gasteiger charge is -1.94. The molecule has 1 saturated carbocycles. The number of nitrogens with one attached hydrogen (secondary N) is 1. The molecule has 0 aromatic carbocycles. The number of nitrogens with zero attached hydrogens (tertiary/aromatic N) is 1. The average Bonchev–Trinajstić information content (AvgIpc) is 2.64. The van der Waals surface area contributed by atoms with Gasteiger partial charge in [0.1, 0.15) is 12.4 Å². The van der Waals surface area contributed by atoms with E-state index in [1.165, 1.54) is 12.8 Å². The van der Waals surface area contributed by atoms with Gasteiger partial charge in [0.2, 0.25) is 6.33 Å². The van der Waals surface area contributed by atoms with Crippen LogP contribution in [0.4, 0.5) is 17.3 Å². The van der Waals surface area contributed by atoms with Gasteiger partial charge in [-0.2, -0.15) is 0 Å². The van der Waals surface area contributed by atoms with Crippen molar-refractivity contribution >= 4 is 7.25 Å². The van der Waals surface area contributed by atoms with E-state index in [2.05, 4.69) is 11.9 Å². The zero-order chi connectivity index (χ0) is 11.9. The van der Waals surface area contributed by atoms with Gasteiger partial charge in [-0.3, -0.25) is 4.98 Å². The highest BCUT2D eigenvalue weighted by Gasteiger charge is 2.20. The van der Waals surface area contributed by atoms with Crippen LogP contribution >= 0.6 is 0 Å². The molecular formula is C8H15BF4N2. The third-order valence-corrected chi connectivity index (χ3v) is 1.55. The first-order valence-electron chi connectivity index (χ1n) is 4.64. The summed E-state index contributed by atoms with van der Waals surface area (Å²) in [5, 5.41) is 0. The molecule has 15 heavy (non-hydrogen) atoms. The molecule has 1 N–H and O–H groups in total. The summed E-state index contributed by atoms with van der Waals surface area (Å²) in [6.07, 6.45) is 8.67. The van der Waals surface area contributed by atoms with Gasteiger partial charge in [-0.25, -0.2) is 4.57 Å². The molecule has 0 saturated heterocycles. The zero-order valence-corrected chi connectivity index (χ0v) is 8.76. The first kappa shape index (κ1) is 14.0. The van der Waals surface area contributed by atoms with Crippen LogP contribution in [0, 0.1) is 5.92 Å². The Kier molecular flexibility index (Phi) is 6.04. The summed E-state index contributed by atoms with van der Waals surface area (Å²) in [6, 6.07) is 0. The van der Waals surface area contributed by atoms with Gasteiger partial charge in [-0.1, -0.05) is 19.8 Å². The van der Waals surface area contributed by atoms with Crippen LogP contribution in [0.2, 0.25) is 0 Å². The normalized spacial score (nSPS) is 14.5. The molecule has 7 heteroatoms. The summed E-state index contributed by atoms with van der Waals surface area (Å²) in [4.78, 5) is 2.89. The van der Waals surface area contributed by atoms with E-state index in [9.17, 15) is 17.3 Å². The number of H-pyrrole nitrogens is 1. The van der Waals surface area contributed by atoms with E-state index in [0.29, 0.717) is 0 Å². The summed E-state index contributed by atoms with van der Waals surface area (Å²) < 4.78 is 40.9. The predicted octanol–water partition coefficient (Wildman–Crippen LogP) is 2.56. The second-order valence-corrected chi connectivity index (χ2v) is 3.45. The molecular weight excluding hydrogens is 211 g/mol. The Labute approximate surface area is 86.4 Å². The molecule has 2 nitrogen and oxygen atoms in total. The number of imidazole rings is 1. The van der Waals surface area contributed by atoms with Gasteiger partial charge in [0, 0.05) is 0 Å². The minimum Gasteiger partial charge on any atom is -0.418 e. The lowest BCUT2D eigenvalue weighted by atomic mass is 10.3. The van der Waals surface area contributed by atoms with Gasteiger partial charge >= 0.3 is 7.25 Å². The molecule has 0 radical (unpaired) electrons. The molecule has 2 rings (SSSR count). The Morgan fingerprint density at radius 1 is 1.27 bits per heavy atom. The highest BCUT2D eigenvalue weighted by molar-refractivity contribution is 6.50. The second-order valence-electron chi connectivity index (χ2n) is 3.45. The molecule has 1 fully saturated rings. The van der Waals surface area contributed by atoms with Crippen LogP contribution in [0.1, 0.15) is 19.8 Å². The van der Waals surface area contributed by atoms with Crippen molar-refractivity contribution in [2.75, 3.05) is 0 Å². The maximum atomic E-state index is 9.75. The Morgan fingerprint density at radius 2 is 1.67 bits per heavy atom. The standard InChI is InChI=1S/C4H6N2.C4H8.BF4/c1-6-3-2-5-4-6;1-4-2-3-4;2-1(3,4)5/h2-4H,1H3;4H,2-3H2,1H3;/q;;-1/p+1. The van der Waals surface area contributed by atoms with Crippen molar-refractivity contribution in [1.82, 2.24) is 4.98 Å². The van der Waals surface area contributed by atoms with Crippen molar-refractivity contribution in [3.05, 3.63) is 18.7 Å². The molecule has 1 aliphatic rings. The largest absolute Gasteiger partial charge is 0.673 e. The van der Waals surface area contributed by atoms with Gasteiger partial charge in [-0.15, -0.1) is 0 Å². The maximum absolute atomic E-state index is 9.75. The Bertz CT molecular complexity index is 238. The van der Waals surface area contributed by atoms with Crippen LogP contribution in [0.15, 0.2) is 18.7 Å². The molecule has 1 aromatic heterocycles. The van der Waals surface area contributed by atoms with Crippen LogP contribution in [0.25, 0.3) is 0 Å². The molecule has 0 unspecified atom stereocenters. The molecule has 0 spiro atoms. The van der Waals surface area contributed by atoms with Gasteiger partial charge in [0.15, 0.2) is 0 Å². The van der Waals surface area contributed by atoms with Crippen LogP contribution in [0.3, 0.4) is 0 Å². The molecule has 88 valence electrons. The van der Waals surface area contributed by atoms with Crippen molar-refractivity contribution in [2.45, 2.75) is 19.8 Å². The molecule has 0 bridgehead atoms. The van der Waals surface area contributed by atoms with E-state index in [-0.39, 0.29) is 0 Å². The van der Waals surface area contributed by atoms with E-state index in [0.717, 1.165) is 5.92 Å². The SMILES string of the molecule is CC1CC1.C[n+]1cc[nH]c1.F[B-](F)(F)F. The molecule has 1 aliphatic carbocycles. The lowest BCUT2D eigenvalue weighted by molar-refractivity contribution is -0.670. The predicted molar refractivity (Wildman–Crippen MR) is 50.6 cm³/mol. The van der Waals surface area contributed by atoms with Crippen LogP contribution in [0.5, 0.6) is 0 Å². The average molecular weight is 226 g/mol. The summed E-state index contributed by atoms with van der Waals surface area (Å²) in [5.41, 5.74) is 0. The summed E-state index contributed by atoms with van der Waals surface area (Å²) in [5.74, 6) is 1.08. The Morgan fingerprint density at radius 3 is 1.73 bits per heavy atom. The molecule has 1 heterocycles. The summed E-state index contributed by atoms with van der Waals surface area (Å²) >= 11 is 0. The lowest BCUT2D eigenvalue weighted by Crippen LogP contribution is -2.22. The van der Waals surface area contributed by atoms with Gasteiger partial charge in [0.25, 0.3) is 0 Å². The minimum atomic E-state index is -6.00. The quantitative estimate of drug-likeness (QED) is 0.398. The Balaban J connectivity index is 0.000000200. The number of hydrogen-bond acceptors (Lipinski definition) is 0. The minimum absolute atomic E-state index is 1.08. The topological polar surface area (TPSA) is 19.7 Å². The highest BCUT2D eigenvalue weighted by Crippen LogP contribution is 2.26. The van der Waals surface area contributed by atoms with Crippen LogP contribution in [-0.4, -0.2) is 12.2 Å². The number of rotatable bonds is 0. The van der Waals surface area contributed by atoms with E-state index in [1.54, 1.807) is 0 Å². The number of aromatic nitrogens is 2. The van der Waals surface area contributed by atoms with Crippen LogP contribution < -0.4 is 4.57 Å². The van der Waals surface area contributed by atoms with Crippen molar-refractivity contribution in [3.63, 3.8) is 0 Å². The third-order valence-electron chi connectivity index (χ3n) is 1.55. The van der Waals surface area contributed by atoms with E-state index < -0.39 is 7.25 Å². The fraction of sp³-hybridized carbons (Fsp3) is 0.625. The number of aryl methyl sites for hydroxylation is 1. The maximum Gasteiger partial charge on any atom is 0.673 e. The first-order chi connectivity index (χ1) is 6.79. The highest BCUT2D eigenvalue weighted by atomic mass is 19.5. The Hall–Kier alpha value is -1.01. The molecule has 0 atom stereocenters. The second kappa shape index (κ2) is 6.47. The van der Waals surface area contributed by atoms with E-state index in [1.807, 2.05) is 30.3 Å². The van der Waals surface area contributed by atoms with Gasteiger partial charge in [0.05, 0.1) is 7.05 Å². The fourth-order valence-corrected chi connectivity index (χ4v) is 0.531. The van der Waals surface area contributed by atoms with E-state index in [4.69, 9.17) is 0 Å². The van der Waals surface area contributed by atoms with Crippen molar-refractivity contribution in [3.8, 4) is 0 Å². The first-order valence-corrected chi connectivity index (χ1v) is 4.64. The van der Waals surface area contributed by atoms with Crippen molar-refractivity contribution < 1.29 is 21.8 Å². The smallest absolute Gasteiger partial charge is 0.418 e. The summed E-state index contributed by atoms with van der Waals surface area (Å²) in [6.45, 7) is 2.28. The van der Waals surface area contributed by atoms with Gasteiger partial charge < -0.3 is 17.3 Å². The van der Waals surface area contributed by atoms with Crippen LogP contribution in [-0.2, 0) is 7.05 Å². The van der Waals surface area contributed by atoms with Crippen molar-refractivity contribution in [1.29, 1.82) is 0 Å². The van der Waals surface area contributed by atoms with Crippen molar-refractivity contribution in [2.24, 2.45) is 13.0 Å². The van der Waals surface area contributed by atoms with Gasteiger partial charge in [-0.05, 0) is 5.92 Å². The number of halogens is 4. The third kappa shape index (κ3) is 19.4.